The minimum atomic E-state index is -3.59. The van der Waals surface area contributed by atoms with Crippen molar-refractivity contribution in [1.82, 2.24) is 9.21 Å². The summed E-state index contributed by atoms with van der Waals surface area (Å²) in [7, 11) is -1.98. The second-order valence-corrected chi connectivity index (χ2v) is 10.1. The molecule has 0 aromatic heterocycles. The smallest absolute Gasteiger partial charge is 0.243 e. The standard InChI is InChI=1S/C24H22ClN3O4S/c1-31-18-8-11-20-23(16-18)32-22-5-3-2-4-21(22)26-24(20)27-12-14-28(15-13-27)33(29,30)19-9-6-17(25)7-10-19/h2-11,16H,12-15H2,1H3. The molecular weight excluding hydrogens is 462 g/mol. The number of piperazine rings is 1. The van der Waals surface area contributed by atoms with Crippen LogP contribution in [0.4, 0.5) is 5.69 Å². The van der Waals surface area contributed by atoms with Crippen LogP contribution in [-0.4, -0.2) is 56.7 Å². The number of fused-ring (bicyclic) bond motifs is 2. The topological polar surface area (TPSA) is 71.4 Å². The molecule has 0 spiro atoms. The van der Waals surface area contributed by atoms with Crippen LogP contribution < -0.4 is 9.47 Å². The van der Waals surface area contributed by atoms with Crippen LogP contribution in [0.5, 0.6) is 17.2 Å². The number of amidine groups is 1. The number of methoxy groups -OCH3 is 1. The molecule has 1 saturated heterocycles. The Kier molecular flexibility index (Phi) is 5.74. The van der Waals surface area contributed by atoms with Crippen molar-refractivity contribution in [2.24, 2.45) is 4.99 Å². The van der Waals surface area contributed by atoms with Crippen LogP contribution >= 0.6 is 11.6 Å². The van der Waals surface area contributed by atoms with E-state index in [0.29, 0.717) is 48.5 Å². The Bertz CT molecular complexity index is 1320. The molecule has 9 heteroatoms. The molecule has 33 heavy (non-hydrogen) atoms. The molecule has 3 aromatic carbocycles. The molecule has 0 aliphatic carbocycles. The zero-order valence-corrected chi connectivity index (χ0v) is 19.5. The van der Waals surface area contributed by atoms with E-state index in [-0.39, 0.29) is 4.90 Å². The molecule has 0 saturated carbocycles. The maximum atomic E-state index is 13.1. The summed E-state index contributed by atoms with van der Waals surface area (Å²) in [6, 6.07) is 19.5. The van der Waals surface area contributed by atoms with Gasteiger partial charge in [0.2, 0.25) is 10.0 Å². The van der Waals surface area contributed by atoms with Gasteiger partial charge in [-0.3, -0.25) is 0 Å². The van der Waals surface area contributed by atoms with Crippen molar-refractivity contribution in [2.45, 2.75) is 4.90 Å². The van der Waals surface area contributed by atoms with E-state index in [1.807, 2.05) is 42.5 Å². The third kappa shape index (κ3) is 4.17. The second-order valence-electron chi connectivity index (χ2n) is 7.71. The molecular formula is C24H22ClN3O4S. The fourth-order valence-corrected chi connectivity index (χ4v) is 5.51. The molecule has 2 aliphatic heterocycles. The normalized spacial score (nSPS) is 16.2. The van der Waals surface area contributed by atoms with Gasteiger partial charge in [-0.15, -0.1) is 0 Å². The lowest BCUT2D eigenvalue weighted by Crippen LogP contribution is -2.50. The van der Waals surface area contributed by atoms with Crippen molar-refractivity contribution in [3.8, 4) is 17.2 Å². The zero-order chi connectivity index (χ0) is 23.0. The number of aliphatic imine (C=N–C) groups is 1. The highest BCUT2D eigenvalue weighted by molar-refractivity contribution is 7.89. The number of sulfonamides is 1. The monoisotopic (exact) mass is 483 g/mol. The lowest BCUT2D eigenvalue weighted by atomic mass is 10.1. The Labute approximate surface area is 197 Å². The Hall–Kier alpha value is -3.07. The first-order chi connectivity index (χ1) is 16.0. The molecule has 2 heterocycles. The molecule has 5 rings (SSSR count). The number of hydrogen-bond acceptors (Lipinski definition) is 6. The molecule has 0 radical (unpaired) electrons. The Morgan fingerprint density at radius 1 is 0.939 bits per heavy atom. The summed E-state index contributed by atoms with van der Waals surface area (Å²) in [6.45, 7) is 1.69. The van der Waals surface area contributed by atoms with Gasteiger partial charge in [-0.25, -0.2) is 13.4 Å². The van der Waals surface area contributed by atoms with Crippen molar-refractivity contribution in [3.05, 3.63) is 77.3 Å². The largest absolute Gasteiger partial charge is 0.497 e. The molecule has 0 amide bonds. The van der Waals surface area contributed by atoms with Crippen LogP contribution in [0.25, 0.3) is 0 Å². The highest BCUT2D eigenvalue weighted by Crippen LogP contribution is 2.39. The summed E-state index contributed by atoms with van der Waals surface area (Å²) in [5.74, 6) is 2.74. The van der Waals surface area contributed by atoms with Crippen LogP contribution in [0.15, 0.2) is 76.6 Å². The van der Waals surface area contributed by atoms with Gasteiger partial charge in [0.15, 0.2) is 5.75 Å². The van der Waals surface area contributed by atoms with Crippen LogP contribution in [-0.2, 0) is 10.0 Å². The summed E-state index contributed by atoms with van der Waals surface area (Å²) in [4.78, 5) is 7.25. The maximum absolute atomic E-state index is 13.1. The number of nitrogens with zero attached hydrogens (tertiary/aromatic N) is 3. The van der Waals surface area contributed by atoms with E-state index in [1.54, 1.807) is 19.2 Å². The number of ether oxygens (including phenoxy) is 2. The molecule has 0 bridgehead atoms. The fraction of sp³-hybridized carbons (Fsp3) is 0.208. The Morgan fingerprint density at radius 2 is 1.67 bits per heavy atom. The molecule has 170 valence electrons. The molecule has 0 N–H and O–H groups in total. The number of benzene rings is 3. The third-order valence-corrected chi connectivity index (χ3v) is 7.90. The lowest BCUT2D eigenvalue weighted by Gasteiger charge is -2.36. The van der Waals surface area contributed by atoms with Gasteiger partial charge >= 0.3 is 0 Å². The molecule has 0 unspecified atom stereocenters. The maximum Gasteiger partial charge on any atom is 0.243 e. The highest BCUT2D eigenvalue weighted by atomic mass is 35.5. The van der Waals surface area contributed by atoms with Gasteiger partial charge < -0.3 is 14.4 Å². The SMILES string of the molecule is COc1ccc2c(c1)Oc1ccccc1N=C2N1CCN(S(=O)(=O)c2ccc(Cl)cc2)CC1. The van der Waals surface area contributed by atoms with Crippen molar-refractivity contribution in [1.29, 1.82) is 0 Å². The number of rotatable bonds is 3. The summed E-state index contributed by atoms with van der Waals surface area (Å²) in [5, 5.41) is 0.503. The van der Waals surface area contributed by atoms with Gasteiger partial charge in [-0.1, -0.05) is 23.7 Å². The Balaban J connectivity index is 1.44. The van der Waals surface area contributed by atoms with E-state index >= 15 is 0 Å². The van der Waals surface area contributed by atoms with E-state index in [2.05, 4.69) is 4.90 Å². The first-order valence-electron chi connectivity index (χ1n) is 10.5. The van der Waals surface area contributed by atoms with Crippen molar-refractivity contribution >= 4 is 33.1 Å². The lowest BCUT2D eigenvalue weighted by molar-refractivity contribution is 0.266. The summed E-state index contributed by atoms with van der Waals surface area (Å²) in [5.41, 5.74) is 1.56. The van der Waals surface area contributed by atoms with Crippen LogP contribution in [0.1, 0.15) is 5.56 Å². The first kappa shape index (κ1) is 21.8. The fourth-order valence-electron chi connectivity index (χ4n) is 3.96. The van der Waals surface area contributed by atoms with Crippen LogP contribution in [0.3, 0.4) is 0 Å². The zero-order valence-electron chi connectivity index (χ0n) is 17.9. The number of halogens is 1. The molecule has 1 fully saturated rings. The molecule has 3 aromatic rings. The van der Waals surface area contributed by atoms with Crippen molar-refractivity contribution in [3.63, 3.8) is 0 Å². The first-order valence-corrected chi connectivity index (χ1v) is 12.3. The van der Waals surface area contributed by atoms with Crippen LogP contribution in [0, 0.1) is 0 Å². The van der Waals surface area contributed by atoms with E-state index in [9.17, 15) is 8.42 Å². The van der Waals surface area contributed by atoms with E-state index in [1.165, 1.54) is 16.4 Å². The minimum Gasteiger partial charge on any atom is -0.497 e. The molecule has 2 aliphatic rings. The van der Waals surface area contributed by atoms with Gasteiger partial charge in [0.1, 0.15) is 23.0 Å². The average Bonchev–Trinajstić information content (AvgIpc) is 3.00. The van der Waals surface area contributed by atoms with Crippen LogP contribution in [0.2, 0.25) is 5.02 Å². The second kappa shape index (κ2) is 8.70. The quantitative estimate of drug-likeness (QED) is 0.547. The van der Waals surface area contributed by atoms with Gasteiger partial charge in [-0.2, -0.15) is 4.31 Å². The van der Waals surface area contributed by atoms with Crippen molar-refractivity contribution < 1.29 is 17.9 Å². The molecule has 0 atom stereocenters. The average molecular weight is 484 g/mol. The van der Waals surface area contributed by atoms with Gasteiger partial charge in [0, 0.05) is 37.3 Å². The summed E-state index contributed by atoms with van der Waals surface area (Å²) >= 11 is 5.92. The predicted octanol–water partition coefficient (Wildman–Crippen LogP) is 4.54. The Morgan fingerprint density at radius 3 is 2.39 bits per heavy atom. The van der Waals surface area contributed by atoms with E-state index < -0.39 is 10.0 Å². The van der Waals surface area contributed by atoms with Gasteiger partial charge in [0.05, 0.1) is 17.6 Å². The van der Waals surface area contributed by atoms with E-state index in [0.717, 1.165) is 17.1 Å². The predicted molar refractivity (Wildman–Crippen MR) is 127 cm³/mol. The number of hydrogen-bond donors (Lipinski definition) is 0. The van der Waals surface area contributed by atoms with Crippen molar-refractivity contribution in [2.75, 3.05) is 33.3 Å². The summed E-state index contributed by atoms with van der Waals surface area (Å²) < 4.78 is 39.2. The highest BCUT2D eigenvalue weighted by Gasteiger charge is 2.31. The van der Waals surface area contributed by atoms with E-state index in [4.69, 9.17) is 26.1 Å². The third-order valence-electron chi connectivity index (χ3n) is 5.73. The van der Waals surface area contributed by atoms with Gasteiger partial charge in [-0.05, 0) is 48.5 Å². The number of para-hydroxylation sites is 2. The minimum absolute atomic E-state index is 0.243. The van der Waals surface area contributed by atoms with Gasteiger partial charge in [0.25, 0.3) is 0 Å². The summed E-state index contributed by atoms with van der Waals surface area (Å²) in [6.07, 6.45) is 0. The molecule has 7 nitrogen and oxygen atoms in total.